The number of benzene rings is 1. The third kappa shape index (κ3) is 3.89. The molecule has 8 heteroatoms. The molecule has 2 amide bonds. The van der Waals surface area contributed by atoms with E-state index in [1.54, 1.807) is 12.3 Å². The molecule has 5 nitrogen and oxygen atoms in total. The molecule has 0 unspecified atom stereocenters. The molecule has 0 saturated heterocycles. The number of carbonyl (C=O) groups is 2. The van der Waals surface area contributed by atoms with Crippen LogP contribution in [-0.4, -0.2) is 11.8 Å². The Balaban J connectivity index is 1.45. The molecule has 0 radical (unpaired) electrons. The first-order valence-electron chi connectivity index (χ1n) is 10.1. The van der Waals surface area contributed by atoms with Gasteiger partial charge in [-0.15, -0.1) is 22.7 Å². The van der Waals surface area contributed by atoms with Crippen LogP contribution in [-0.2, 0) is 19.4 Å². The van der Waals surface area contributed by atoms with Crippen LogP contribution >= 0.6 is 34.3 Å². The predicted molar refractivity (Wildman–Crippen MR) is 126 cm³/mol. The van der Waals surface area contributed by atoms with Gasteiger partial charge in [-0.2, -0.15) is 0 Å². The minimum absolute atomic E-state index is 0.200. The molecule has 1 aliphatic carbocycles. The van der Waals surface area contributed by atoms with Crippen LogP contribution in [0.2, 0.25) is 5.02 Å². The Labute approximate surface area is 192 Å². The highest BCUT2D eigenvalue weighted by atomic mass is 35.5. The lowest BCUT2D eigenvalue weighted by Crippen LogP contribution is -2.25. The number of hydrogen-bond acceptors (Lipinski definition) is 5. The van der Waals surface area contributed by atoms with Crippen molar-refractivity contribution in [2.24, 2.45) is 0 Å². The Morgan fingerprint density at radius 1 is 1.03 bits per heavy atom. The van der Waals surface area contributed by atoms with Gasteiger partial charge in [-0.05, 0) is 49.4 Å². The van der Waals surface area contributed by atoms with Crippen LogP contribution in [0.15, 0.2) is 47.1 Å². The van der Waals surface area contributed by atoms with Crippen molar-refractivity contribution in [2.75, 3.05) is 5.32 Å². The van der Waals surface area contributed by atoms with Crippen LogP contribution in [0.5, 0.6) is 0 Å². The number of amides is 2. The molecule has 0 fully saturated rings. The van der Waals surface area contributed by atoms with Crippen LogP contribution in [0.3, 0.4) is 0 Å². The monoisotopic (exact) mass is 470 g/mol. The zero-order valence-corrected chi connectivity index (χ0v) is 18.9. The fourth-order valence-corrected chi connectivity index (χ4v) is 6.58. The van der Waals surface area contributed by atoms with Crippen molar-refractivity contribution in [3.8, 4) is 0 Å². The van der Waals surface area contributed by atoms with Gasteiger partial charge in [-0.1, -0.05) is 29.8 Å². The quantitative estimate of drug-likeness (QED) is 0.361. The van der Waals surface area contributed by atoms with Crippen molar-refractivity contribution in [1.82, 2.24) is 5.32 Å². The smallest absolute Gasteiger partial charge is 0.267 e. The second-order valence-corrected chi connectivity index (χ2v) is 9.91. The highest BCUT2D eigenvalue weighted by Crippen LogP contribution is 2.40. The molecule has 2 N–H and O–H groups in total. The summed E-state index contributed by atoms with van der Waals surface area (Å²) >= 11 is 9.34. The van der Waals surface area contributed by atoms with Gasteiger partial charge in [-0.3, -0.25) is 9.59 Å². The second kappa shape index (κ2) is 8.49. The van der Waals surface area contributed by atoms with Crippen molar-refractivity contribution in [3.63, 3.8) is 0 Å². The van der Waals surface area contributed by atoms with Crippen LogP contribution in [0.25, 0.3) is 10.1 Å². The van der Waals surface area contributed by atoms with Gasteiger partial charge in [0.25, 0.3) is 11.8 Å². The molecule has 1 aromatic carbocycles. The highest BCUT2D eigenvalue weighted by molar-refractivity contribution is 7.22. The summed E-state index contributed by atoms with van der Waals surface area (Å²) in [7, 11) is 0. The topological polar surface area (TPSA) is 71.3 Å². The zero-order valence-electron chi connectivity index (χ0n) is 16.5. The van der Waals surface area contributed by atoms with Crippen LogP contribution in [0.1, 0.15) is 49.1 Å². The molecular formula is C23H19ClN2O3S2. The normalized spacial score (nSPS) is 13.2. The van der Waals surface area contributed by atoms with Crippen molar-refractivity contribution in [2.45, 2.75) is 32.2 Å². The number of halogens is 1. The summed E-state index contributed by atoms with van der Waals surface area (Å²) in [4.78, 5) is 27.8. The first-order chi connectivity index (χ1) is 15.1. The fourth-order valence-electron chi connectivity index (χ4n) is 3.88. The second-order valence-electron chi connectivity index (χ2n) is 7.37. The first kappa shape index (κ1) is 20.3. The molecule has 0 atom stereocenters. The van der Waals surface area contributed by atoms with Gasteiger partial charge in [0, 0.05) is 15.0 Å². The summed E-state index contributed by atoms with van der Waals surface area (Å²) in [5, 5.41) is 7.80. The van der Waals surface area contributed by atoms with Gasteiger partial charge in [0.05, 0.1) is 23.4 Å². The van der Waals surface area contributed by atoms with Crippen molar-refractivity contribution < 1.29 is 14.0 Å². The summed E-state index contributed by atoms with van der Waals surface area (Å²) < 4.78 is 6.27. The summed E-state index contributed by atoms with van der Waals surface area (Å²) in [5.74, 6) is 0.193. The number of aryl methyl sites for hydroxylation is 1. The molecule has 0 spiro atoms. The predicted octanol–water partition coefficient (Wildman–Crippen LogP) is 6.27. The number of carbonyl (C=O) groups excluding carboxylic acids is 2. The number of rotatable bonds is 5. The lowest BCUT2D eigenvalue weighted by Gasteiger charge is -2.13. The Bertz CT molecular complexity index is 1270. The van der Waals surface area contributed by atoms with Crippen LogP contribution < -0.4 is 10.6 Å². The first-order valence-corrected chi connectivity index (χ1v) is 12.1. The van der Waals surface area contributed by atoms with Gasteiger partial charge in [0.2, 0.25) is 0 Å². The van der Waals surface area contributed by atoms with E-state index < -0.39 is 0 Å². The van der Waals surface area contributed by atoms with E-state index in [0.29, 0.717) is 32.8 Å². The van der Waals surface area contributed by atoms with Crippen molar-refractivity contribution in [3.05, 3.63) is 74.3 Å². The number of hydrogen-bond donors (Lipinski definition) is 2. The number of thiophene rings is 2. The third-order valence-electron chi connectivity index (χ3n) is 5.37. The SMILES string of the molecule is O=C(Nc1sc2c(c1C(=O)NCc1ccco1)CCCC2)c1sc2ccccc2c1Cl. The maximum absolute atomic E-state index is 13.1. The van der Waals surface area contributed by atoms with E-state index in [-0.39, 0.29) is 11.8 Å². The van der Waals surface area contributed by atoms with E-state index in [4.69, 9.17) is 16.0 Å². The summed E-state index contributed by atoms with van der Waals surface area (Å²) in [6.45, 7) is 0.298. The maximum atomic E-state index is 13.1. The average Bonchev–Trinajstić information content (AvgIpc) is 3.50. The Kier molecular flexibility index (Phi) is 5.56. The van der Waals surface area contributed by atoms with Gasteiger partial charge < -0.3 is 15.1 Å². The third-order valence-corrected chi connectivity index (χ3v) is 8.25. The van der Waals surface area contributed by atoms with E-state index >= 15 is 0 Å². The molecule has 31 heavy (non-hydrogen) atoms. The number of furan rings is 1. The molecule has 5 rings (SSSR count). The molecule has 0 bridgehead atoms. The molecule has 0 aliphatic heterocycles. The zero-order chi connectivity index (χ0) is 21.4. The summed E-state index contributed by atoms with van der Waals surface area (Å²) in [5.41, 5.74) is 1.61. The summed E-state index contributed by atoms with van der Waals surface area (Å²) in [6.07, 6.45) is 5.48. The van der Waals surface area contributed by atoms with Gasteiger partial charge in [0.15, 0.2) is 0 Å². The lowest BCUT2D eigenvalue weighted by atomic mass is 9.95. The van der Waals surface area contributed by atoms with Gasteiger partial charge in [-0.25, -0.2) is 0 Å². The number of nitrogens with one attached hydrogen (secondary N) is 2. The maximum Gasteiger partial charge on any atom is 0.267 e. The summed E-state index contributed by atoms with van der Waals surface area (Å²) in [6, 6.07) is 11.3. The average molecular weight is 471 g/mol. The molecular weight excluding hydrogens is 452 g/mol. The molecule has 4 aromatic rings. The molecule has 1 aliphatic rings. The lowest BCUT2D eigenvalue weighted by molar-refractivity contribution is 0.0948. The number of fused-ring (bicyclic) bond motifs is 2. The van der Waals surface area contributed by atoms with Crippen LogP contribution in [0.4, 0.5) is 5.00 Å². The Morgan fingerprint density at radius 3 is 2.68 bits per heavy atom. The van der Waals surface area contributed by atoms with E-state index in [0.717, 1.165) is 41.3 Å². The molecule has 158 valence electrons. The minimum atomic E-state index is -0.287. The molecule has 3 aromatic heterocycles. The van der Waals surface area contributed by atoms with E-state index in [1.165, 1.54) is 27.6 Å². The van der Waals surface area contributed by atoms with Crippen molar-refractivity contribution >= 4 is 61.2 Å². The van der Waals surface area contributed by atoms with Crippen LogP contribution in [0, 0.1) is 0 Å². The number of anilines is 1. The largest absolute Gasteiger partial charge is 0.467 e. The molecule has 0 saturated carbocycles. The van der Waals surface area contributed by atoms with Gasteiger partial charge in [0.1, 0.15) is 15.6 Å². The van der Waals surface area contributed by atoms with E-state index in [1.807, 2.05) is 30.3 Å². The molecule has 3 heterocycles. The standard InChI is InChI=1S/C23H19ClN2O3S2/c24-19-15-8-2-4-10-17(15)30-20(19)22(28)26-23-18(14-7-1-3-9-16(14)31-23)21(27)25-12-13-6-5-11-29-13/h2,4-6,8,10-11H,1,3,7,9,12H2,(H,25,27)(H,26,28). The van der Waals surface area contributed by atoms with Gasteiger partial charge >= 0.3 is 0 Å². The highest BCUT2D eigenvalue weighted by Gasteiger charge is 2.27. The van der Waals surface area contributed by atoms with Crippen molar-refractivity contribution in [1.29, 1.82) is 0 Å². The Hall–Kier alpha value is -2.61. The van der Waals surface area contributed by atoms with E-state index in [9.17, 15) is 9.59 Å². The minimum Gasteiger partial charge on any atom is -0.467 e. The Morgan fingerprint density at radius 2 is 1.87 bits per heavy atom. The fraction of sp³-hybridized carbons (Fsp3) is 0.217. The van der Waals surface area contributed by atoms with E-state index in [2.05, 4.69) is 10.6 Å².